The molecule has 0 fully saturated rings. The van der Waals surface area contributed by atoms with Crippen molar-refractivity contribution in [3.8, 4) is 22.9 Å². The number of hydrogen-bond donors (Lipinski definition) is 1. The Kier molecular flexibility index (Phi) is 4.78. The molecule has 3 aromatic carbocycles. The van der Waals surface area contributed by atoms with E-state index in [1.165, 1.54) is 22.3 Å². The van der Waals surface area contributed by atoms with Crippen LogP contribution in [0, 0.1) is 20.8 Å². The molecule has 4 heteroatoms. The predicted octanol–water partition coefficient (Wildman–Crippen LogP) is 5.74. The van der Waals surface area contributed by atoms with Gasteiger partial charge in [-0.05, 0) is 67.8 Å². The molecular formula is C24H24N2O2. The SMILES string of the molecule is COc1cc(-c2nc3ccc(C)cc3[nH]2)ccc1OCc1cc(C)ccc1C. The Bertz CT molecular complexity index is 1140. The van der Waals surface area contributed by atoms with Crippen molar-refractivity contribution in [2.75, 3.05) is 7.11 Å². The molecule has 0 aliphatic carbocycles. The number of H-pyrrole nitrogens is 1. The topological polar surface area (TPSA) is 47.1 Å². The van der Waals surface area contributed by atoms with Crippen LogP contribution in [0.15, 0.2) is 54.6 Å². The van der Waals surface area contributed by atoms with Gasteiger partial charge in [-0.2, -0.15) is 0 Å². The summed E-state index contributed by atoms with van der Waals surface area (Å²) in [5.74, 6) is 2.23. The Morgan fingerprint density at radius 1 is 0.857 bits per heavy atom. The first-order valence-electron chi connectivity index (χ1n) is 9.37. The van der Waals surface area contributed by atoms with Crippen LogP contribution in [0.1, 0.15) is 22.3 Å². The van der Waals surface area contributed by atoms with E-state index in [1.807, 2.05) is 24.3 Å². The van der Waals surface area contributed by atoms with Crippen molar-refractivity contribution in [2.24, 2.45) is 0 Å². The maximum Gasteiger partial charge on any atom is 0.161 e. The van der Waals surface area contributed by atoms with E-state index in [1.54, 1.807) is 7.11 Å². The second-order valence-corrected chi connectivity index (χ2v) is 7.19. The lowest BCUT2D eigenvalue weighted by Gasteiger charge is -2.13. The number of nitrogens with one attached hydrogen (secondary N) is 1. The van der Waals surface area contributed by atoms with Gasteiger partial charge in [0.15, 0.2) is 11.5 Å². The summed E-state index contributed by atoms with van der Waals surface area (Å²) in [6.45, 7) is 6.77. The molecule has 1 N–H and O–H groups in total. The molecule has 28 heavy (non-hydrogen) atoms. The monoisotopic (exact) mass is 372 g/mol. The summed E-state index contributed by atoms with van der Waals surface area (Å²) in [6.07, 6.45) is 0. The Hall–Kier alpha value is -3.27. The zero-order valence-corrected chi connectivity index (χ0v) is 16.7. The molecule has 0 bridgehead atoms. The zero-order valence-electron chi connectivity index (χ0n) is 16.7. The number of benzene rings is 3. The van der Waals surface area contributed by atoms with Gasteiger partial charge < -0.3 is 14.5 Å². The van der Waals surface area contributed by atoms with Crippen LogP contribution in [0.5, 0.6) is 11.5 Å². The molecular weight excluding hydrogens is 348 g/mol. The van der Waals surface area contributed by atoms with Crippen molar-refractivity contribution in [1.82, 2.24) is 9.97 Å². The number of fused-ring (bicyclic) bond motifs is 1. The molecule has 1 heterocycles. The van der Waals surface area contributed by atoms with Gasteiger partial charge in [-0.3, -0.25) is 0 Å². The standard InChI is InChI=1S/C24H24N2O2/c1-15-5-7-17(3)19(11-15)14-28-22-10-8-18(13-23(22)27-4)24-25-20-9-6-16(2)12-21(20)26-24/h5-13H,14H2,1-4H3,(H,25,26). The van der Waals surface area contributed by atoms with E-state index in [9.17, 15) is 0 Å². The number of methoxy groups -OCH3 is 1. The van der Waals surface area contributed by atoms with Crippen molar-refractivity contribution in [3.63, 3.8) is 0 Å². The maximum absolute atomic E-state index is 6.06. The van der Waals surface area contributed by atoms with Crippen molar-refractivity contribution >= 4 is 11.0 Å². The summed E-state index contributed by atoms with van der Waals surface area (Å²) < 4.78 is 11.6. The minimum Gasteiger partial charge on any atom is -0.493 e. The predicted molar refractivity (Wildman–Crippen MR) is 113 cm³/mol. The summed E-state index contributed by atoms with van der Waals surface area (Å²) in [5, 5.41) is 0. The zero-order chi connectivity index (χ0) is 19.7. The van der Waals surface area contributed by atoms with Crippen LogP contribution in [0.4, 0.5) is 0 Å². The number of ether oxygens (including phenoxy) is 2. The number of hydrogen-bond acceptors (Lipinski definition) is 3. The molecule has 0 saturated heterocycles. The van der Waals surface area contributed by atoms with Crippen LogP contribution in [-0.2, 0) is 6.61 Å². The largest absolute Gasteiger partial charge is 0.493 e. The van der Waals surface area contributed by atoms with Gasteiger partial charge in [-0.1, -0.05) is 29.8 Å². The molecule has 0 amide bonds. The fourth-order valence-corrected chi connectivity index (χ4v) is 3.31. The van der Waals surface area contributed by atoms with Crippen molar-refractivity contribution in [3.05, 3.63) is 76.9 Å². The molecule has 1 aromatic heterocycles. The molecule has 0 aliphatic rings. The van der Waals surface area contributed by atoms with Crippen molar-refractivity contribution in [1.29, 1.82) is 0 Å². The molecule has 0 aliphatic heterocycles. The van der Waals surface area contributed by atoms with Crippen LogP contribution in [0.25, 0.3) is 22.4 Å². The average Bonchev–Trinajstić information content (AvgIpc) is 3.11. The first-order chi connectivity index (χ1) is 13.5. The molecule has 0 spiro atoms. The third-order valence-electron chi connectivity index (χ3n) is 4.96. The number of aromatic amines is 1. The van der Waals surface area contributed by atoms with Crippen LogP contribution in [-0.4, -0.2) is 17.1 Å². The molecule has 142 valence electrons. The molecule has 4 aromatic rings. The second-order valence-electron chi connectivity index (χ2n) is 7.19. The summed E-state index contributed by atoms with van der Waals surface area (Å²) in [4.78, 5) is 8.08. The highest BCUT2D eigenvalue weighted by atomic mass is 16.5. The second kappa shape index (κ2) is 7.39. The van der Waals surface area contributed by atoms with E-state index in [2.05, 4.69) is 56.1 Å². The van der Waals surface area contributed by atoms with Gasteiger partial charge in [-0.25, -0.2) is 4.98 Å². The van der Waals surface area contributed by atoms with Crippen LogP contribution in [0.2, 0.25) is 0 Å². The smallest absolute Gasteiger partial charge is 0.161 e. The van der Waals surface area contributed by atoms with Crippen LogP contribution < -0.4 is 9.47 Å². The first kappa shape index (κ1) is 18.1. The van der Waals surface area contributed by atoms with E-state index in [0.29, 0.717) is 12.4 Å². The van der Waals surface area contributed by atoms with E-state index in [0.717, 1.165) is 28.2 Å². The average molecular weight is 372 g/mol. The van der Waals surface area contributed by atoms with Crippen molar-refractivity contribution < 1.29 is 9.47 Å². The van der Waals surface area contributed by atoms with Gasteiger partial charge in [0, 0.05) is 5.56 Å². The quantitative estimate of drug-likeness (QED) is 0.486. The van der Waals surface area contributed by atoms with Crippen molar-refractivity contribution in [2.45, 2.75) is 27.4 Å². The third-order valence-corrected chi connectivity index (χ3v) is 4.96. The number of nitrogens with zero attached hydrogens (tertiary/aromatic N) is 1. The fraction of sp³-hybridized carbons (Fsp3) is 0.208. The molecule has 0 atom stereocenters. The Balaban J connectivity index is 1.61. The Morgan fingerprint density at radius 2 is 1.64 bits per heavy atom. The normalized spacial score (nSPS) is 11.0. The maximum atomic E-state index is 6.06. The Labute approximate surface area is 165 Å². The van der Waals surface area contributed by atoms with E-state index in [4.69, 9.17) is 14.5 Å². The Morgan fingerprint density at radius 3 is 2.46 bits per heavy atom. The van der Waals surface area contributed by atoms with Gasteiger partial charge in [-0.15, -0.1) is 0 Å². The molecule has 4 rings (SSSR count). The molecule has 0 radical (unpaired) electrons. The number of imidazole rings is 1. The molecule has 0 unspecified atom stereocenters. The number of rotatable bonds is 5. The van der Waals surface area contributed by atoms with Gasteiger partial charge in [0.05, 0.1) is 18.1 Å². The summed E-state index contributed by atoms with van der Waals surface area (Å²) >= 11 is 0. The summed E-state index contributed by atoms with van der Waals surface area (Å²) in [6, 6.07) is 18.5. The number of aromatic nitrogens is 2. The van der Waals surface area contributed by atoms with E-state index < -0.39 is 0 Å². The highest BCUT2D eigenvalue weighted by Gasteiger charge is 2.11. The van der Waals surface area contributed by atoms with Crippen LogP contribution in [0.3, 0.4) is 0 Å². The van der Waals surface area contributed by atoms with Gasteiger partial charge >= 0.3 is 0 Å². The van der Waals surface area contributed by atoms with Gasteiger partial charge in [0.1, 0.15) is 12.4 Å². The van der Waals surface area contributed by atoms with E-state index in [-0.39, 0.29) is 0 Å². The van der Waals surface area contributed by atoms with E-state index >= 15 is 0 Å². The minimum absolute atomic E-state index is 0.507. The van der Waals surface area contributed by atoms with Gasteiger partial charge in [0.25, 0.3) is 0 Å². The fourth-order valence-electron chi connectivity index (χ4n) is 3.31. The minimum atomic E-state index is 0.507. The van der Waals surface area contributed by atoms with Crippen LogP contribution >= 0.6 is 0 Å². The summed E-state index contributed by atoms with van der Waals surface area (Å²) in [5.41, 5.74) is 7.78. The van der Waals surface area contributed by atoms with Gasteiger partial charge in [0.2, 0.25) is 0 Å². The lowest BCUT2D eigenvalue weighted by molar-refractivity contribution is 0.284. The third kappa shape index (κ3) is 3.58. The lowest BCUT2D eigenvalue weighted by Crippen LogP contribution is -2.00. The molecule has 0 saturated carbocycles. The highest BCUT2D eigenvalue weighted by Crippen LogP contribution is 2.33. The number of aryl methyl sites for hydroxylation is 3. The lowest BCUT2D eigenvalue weighted by atomic mass is 10.1. The molecule has 4 nitrogen and oxygen atoms in total. The summed E-state index contributed by atoms with van der Waals surface area (Å²) in [7, 11) is 1.66. The highest BCUT2D eigenvalue weighted by molar-refractivity contribution is 5.80. The first-order valence-corrected chi connectivity index (χ1v) is 9.37.